The Hall–Kier alpha value is -1.70. The number of rotatable bonds is 3. The lowest BCUT2D eigenvalue weighted by atomic mass is 9.95. The van der Waals surface area contributed by atoms with Gasteiger partial charge in [-0.15, -0.1) is 12.4 Å². The van der Waals surface area contributed by atoms with Crippen molar-refractivity contribution in [2.75, 3.05) is 44.6 Å². The molecular formula is C20H30ClFN4O2. The number of amides is 2. The summed E-state index contributed by atoms with van der Waals surface area (Å²) in [4.78, 5) is 29.2. The van der Waals surface area contributed by atoms with Crippen LogP contribution in [0.3, 0.4) is 0 Å². The van der Waals surface area contributed by atoms with Gasteiger partial charge >= 0.3 is 0 Å². The molecule has 0 aliphatic carbocycles. The first-order valence-corrected chi connectivity index (χ1v) is 9.61. The second-order valence-corrected chi connectivity index (χ2v) is 8.38. The van der Waals surface area contributed by atoms with Crippen LogP contribution in [0.1, 0.15) is 37.6 Å². The third-order valence-corrected chi connectivity index (χ3v) is 5.25. The van der Waals surface area contributed by atoms with Gasteiger partial charge in [-0.1, -0.05) is 20.8 Å². The highest BCUT2D eigenvalue weighted by atomic mass is 35.5. The Bertz CT molecular complexity index is 717. The summed E-state index contributed by atoms with van der Waals surface area (Å²) in [5.74, 6) is -1.04. The number of likely N-dealkylation sites (tertiary alicyclic amines) is 1. The van der Waals surface area contributed by atoms with E-state index in [0.717, 1.165) is 32.6 Å². The molecule has 2 aliphatic rings. The molecule has 0 aromatic heterocycles. The fraction of sp³-hybridized carbons (Fsp3) is 0.600. The highest BCUT2D eigenvalue weighted by Gasteiger charge is 2.32. The van der Waals surface area contributed by atoms with Crippen molar-refractivity contribution in [3.63, 3.8) is 0 Å². The molecule has 8 heteroatoms. The van der Waals surface area contributed by atoms with Crippen LogP contribution in [0.5, 0.6) is 0 Å². The summed E-state index contributed by atoms with van der Waals surface area (Å²) in [5, 5.41) is 6.10. The largest absolute Gasteiger partial charge is 0.337 e. The van der Waals surface area contributed by atoms with Crippen LogP contribution < -0.4 is 10.6 Å². The zero-order valence-electron chi connectivity index (χ0n) is 16.8. The maximum Gasteiger partial charge on any atom is 0.256 e. The van der Waals surface area contributed by atoms with E-state index in [1.165, 1.54) is 18.2 Å². The Balaban J connectivity index is 0.00000280. The van der Waals surface area contributed by atoms with E-state index in [1.54, 1.807) is 25.7 Å². The molecular weight excluding hydrogens is 383 g/mol. The van der Waals surface area contributed by atoms with Gasteiger partial charge in [-0.2, -0.15) is 0 Å². The molecule has 2 N–H and O–H groups in total. The summed E-state index contributed by atoms with van der Waals surface area (Å²) in [5.41, 5.74) is -0.107. The molecule has 1 unspecified atom stereocenters. The highest BCUT2D eigenvalue weighted by molar-refractivity contribution is 5.98. The molecule has 1 atom stereocenters. The Morgan fingerprint density at radius 2 is 1.86 bits per heavy atom. The molecule has 2 fully saturated rings. The van der Waals surface area contributed by atoms with Crippen LogP contribution in [-0.2, 0) is 4.79 Å². The monoisotopic (exact) mass is 412 g/mol. The predicted octanol–water partition coefficient (Wildman–Crippen LogP) is 2.35. The second kappa shape index (κ2) is 9.20. The quantitative estimate of drug-likeness (QED) is 0.799. The van der Waals surface area contributed by atoms with Crippen molar-refractivity contribution < 1.29 is 14.0 Å². The number of anilines is 1. The van der Waals surface area contributed by atoms with Crippen molar-refractivity contribution in [2.45, 2.75) is 33.2 Å². The third-order valence-electron chi connectivity index (χ3n) is 5.25. The number of benzene rings is 1. The van der Waals surface area contributed by atoms with Crippen LogP contribution in [0.2, 0.25) is 0 Å². The van der Waals surface area contributed by atoms with Crippen LogP contribution in [-0.4, -0.2) is 66.9 Å². The van der Waals surface area contributed by atoms with Gasteiger partial charge in [0.05, 0.1) is 5.56 Å². The van der Waals surface area contributed by atoms with E-state index in [9.17, 15) is 14.0 Å². The maximum absolute atomic E-state index is 14.3. The maximum atomic E-state index is 14.3. The van der Waals surface area contributed by atoms with Crippen LogP contribution in [0.25, 0.3) is 0 Å². The number of piperazine rings is 1. The smallest absolute Gasteiger partial charge is 0.256 e. The van der Waals surface area contributed by atoms with Crippen molar-refractivity contribution >= 4 is 29.9 Å². The van der Waals surface area contributed by atoms with Crippen LogP contribution in [0.15, 0.2) is 18.2 Å². The van der Waals surface area contributed by atoms with Gasteiger partial charge in [0, 0.05) is 56.4 Å². The van der Waals surface area contributed by atoms with E-state index in [1.807, 2.05) is 0 Å². The van der Waals surface area contributed by atoms with Gasteiger partial charge in [0.1, 0.15) is 5.82 Å². The summed E-state index contributed by atoms with van der Waals surface area (Å²) >= 11 is 0. The van der Waals surface area contributed by atoms with Gasteiger partial charge in [-0.05, 0) is 24.6 Å². The van der Waals surface area contributed by atoms with Crippen molar-refractivity contribution in [1.29, 1.82) is 0 Å². The molecule has 0 saturated carbocycles. The fourth-order valence-electron chi connectivity index (χ4n) is 3.53. The highest BCUT2D eigenvalue weighted by Crippen LogP contribution is 2.23. The van der Waals surface area contributed by atoms with Gasteiger partial charge in [0.15, 0.2) is 0 Å². The lowest BCUT2D eigenvalue weighted by Crippen LogP contribution is -2.49. The van der Waals surface area contributed by atoms with Gasteiger partial charge in [-0.25, -0.2) is 4.39 Å². The van der Waals surface area contributed by atoms with Crippen LogP contribution >= 0.6 is 12.4 Å². The zero-order chi connectivity index (χ0) is 19.6. The number of halogens is 2. The van der Waals surface area contributed by atoms with Gasteiger partial charge in [-0.3, -0.25) is 14.5 Å². The molecule has 6 nitrogen and oxygen atoms in total. The minimum atomic E-state index is -0.565. The first-order valence-electron chi connectivity index (χ1n) is 9.61. The molecule has 1 aromatic rings. The minimum absolute atomic E-state index is 0. The Morgan fingerprint density at radius 1 is 1.18 bits per heavy atom. The lowest BCUT2D eigenvalue weighted by molar-refractivity contribution is -0.123. The molecule has 3 rings (SSSR count). The molecule has 0 radical (unpaired) electrons. The van der Waals surface area contributed by atoms with Crippen molar-refractivity contribution in [3.05, 3.63) is 29.6 Å². The fourth-order valence-corrected chi connectivity index (χ4v) is 3.53. The minimum Gasteiger partial charge on any atom is -0.337 e. The van der Waals surface area contributed by atoms with Crippen molar-refractivity contribution in [1.82, 2.24) is 15.1 Å². The summed E-state index contributed by atoms with van der Waals surface area (Å²) in [6, 6.07) is 4.51. The Labute approximate surface area is 172 Å². The summed E-state index contributed by atoms with van der Waals surface area (Å²) in [7, 11) is 0. The number of hydrogen-bond acceptors (Lipinski definition) is 4. The van der Waals surface area contributed by atoms with Crippen LogP contribution in [0, 0.1) is 11.2 Å². The molecule has 2 amide bonds. The zero-order valence-corrected chi connectivity index (χ0v) is 17.6. The average Bonchev–Trinajstić information content (AvgIpc) is 3.13. The number of nitrogens with one attached hydrogen (secondary N) is 2. The Morgan fingerprint density at radius 3 is 2.50 bits per heavy atom. The van der Waals surface area contributed by atoms with E-state index < -0.39 is 11.2 Å². The number of carbonyl (C=O) groups is 2. The number of carbonyl (C=O) groups excluding carboxylic acids is 2. The SMILES string of the molecule is CC(C)(C)C(=O)Nc1ccc(F)c(C(=O)N2CCC(N3CCNCC3)C2)c1.Cl. The van der Waals surface area contributed by atoms with E-state index in [0.29, 0.717) is 24.8 Å². The first kappa shape index (κ1) is 22.6. The van der Waals surface area contributed by atoms with Crippen molar-refractivity contribution in [3.8, 4) is 0 Å². The standard InChI is InChI=1S/C20H29FN4O2.ClH/c1-20(2,3)19(27)23-14-4-5-17(21)16(12-14)18(26)25-9-6-15(13-25)24-10-7-22-8-11-24;/h4-5,12,15,22H,6-11,13H2,1-3H3,(H,23,27);1H. The van der Waals surface area contributed by atoms with E-state index in [-0.39, 0.29) is 29.8 Å². The summed E-state index contributed by atoms with van der Waals surface area (Å²) in [6.45, 7) is 10.6. The summed E-state index contributed by atoms with van der Waals surface area (Å²) < 4.78 is 14.3. The number of nitrogens with zero attached hydrogens (tertiary/aromatic N) is 2. The Kier molecular flexibility index (Phi) is 7.42. The van der Waals surface area contributed by atoms with Crippen molar-refractivity contribution in [2.24, 2.45) is 5.41 Å². The van der Waals surface area contributed by atoms with E-state index >= 15 is 0 Å². The molecule has 0 bridgehead atoms. The molecule has 28 heavy (non-hydrogen) atoms. The molecule has 2 aliphatic heterocycles. The van der Waals surface area contributed by atoms with E-state index in [2.05, 4.69) is 15.5 Å². The number of hydrogen-bond donors (Lipinski definition) is 2. The van der Waals surface area contributed by atoms with Crippen LogP contribution in [0.4, 0.5) is 10.1 Å². The molecule has 1 aromatic carbocycles. The third kappa shape index (κ3) is 5.21. The summed E-state index contributed by atoms with van der Waals surface area (Å²) in [6.07, 6.45) is 0.911. The van der Waals surface area contributed by atoms with Gasteiger partial charge < -0.3 is 15.5 Å². The van der Waals surface area contributed by atoms with E-state index in [4.69, 9.17) is 0 Å². The molecule has 2 saturated heterocycles. The van der Waals surface area contributed by atoms with Gasteiger partial charge in [0.25, 0.3) is 5.91 Å². The topological polar surface area (TPSA) is 64.7 Å². The second-order valence-electron chi connectivity index (χ2n) is 8.38. The van der Waals surface area contributed by atoms with Gasteiger partial charge in [0.2, 0.25) is 5.91 Å². The molecule has 156 valence electrons. The average molecular weight is 413 g/mol. The molecule has 0 spiro atoms. The molecule has 2 heterocycles. The first-order chi connectivity index (χ1) is 12.8. The predicted molar refractivity (Wildman–Crippen MR) is 110 cm³/mol. The lowest BCUT2D eigenvalue weighted by Gasteiger charge is -2.32. The normalized spacial score (nSPS) is 20.6.